The number of anilines is 1. The standard InChI is InChI=1S/C11H8N4O2S2/c1-5-6-8(16)13-4-14-10(6)19-7(5)9(17)15-11-12-2-3-18-11/h2-4H,1H3,(H,12,15,17)(H,13,14,16). The number of hydrogen-bond donors (Lipinski definition) is 2. The molecule has 3 aromatic rings. The number of nitrogens with one attached hydrogen (secondary N) is 2. The Morgan fingerprint density at radius 1 is 1.42 bits per heavy atom. The van der Waals surface area contributed by atoms with Crippen molar-refractivity contribution in [3.05, 3.63) is 38.7 Å². The van der Waals surface area contributed by atoms with Crippen molar-refractivity contribution in [2.75, 3.05) is 5.32 Å². The summed E-state index contributed by atoms with van der Waals surface area (Å²) in [6.45, 7) is 1.74. The third kappa shape index (κ3) is 2.04. The summed E-state index contributed by atoms with van der Waals surface area (Å²) in [4.78, 5) is 35.5. The van der Waals surface area contributed by atoms with Gasteiger partial charge in [0, 0.05) is 11.6 Å². The summed E-state index contributed by atoms with van der Waals surface area (Å²) >= 11 is 2.54. The van der Waals surface area contributed by atoms with Gasteiger partial charge >= 0.3 is 0 Å². The van der Waals surface area contributed by atoms with Gasteiger partial charge in [0.2, 0.25) is 0 Å². The van der Waals surface area contributed by atoms with Crippen molar-refractivity contribution in [1.29, 1.82) is 0 Å². The number of amides is 1. The molecule has 0 saturated carbocycles. The molecule has 0 unspecified atom stereocenters. The first-order valence-corrected chi connectivity index (χ1v) is 7.04. The van der Waals surface area contributed by atoms with Gasteiger partial charge in [-0.05, 0) is 12.5 Å². The van der Waals surface area contributed by atoms with Crippen LogP contribution in [0.4, 0.5) is 5.13 Å². The third-order valence-electron chi connectivity index (χ3n) is 2.59. The fourth-order valence-corrected chi connectivity index (χ4v) is 3.30. The number of carbonyl (C=O) groups excluding carboxylic acids is 1. The molecule has 0 saturated heterocycles. The molecule has 96 valence electrons. The predicted molar refractivity (Wildman–Crippen MR) is 75.0 cm³/mol. The van der Waals surface area contributed by atoms with E-state index in [1.54, 1.807) is 18.5 Å². The van der Waals surface area contributed by atoms with Crippen LogP contribution in [0, 0.1) is 6.92 Å². The molecule has 0 aliphatic carbocycles. The molecule has 1 amide bonds. The number of thiophene rings is 1. The highest BCUT2D eigenvalue weighted by Crippen LogP contribution is 2.27. The van der Waals surface area contributed by atoms with Crippen LogP contribution in [0.25, 0.3) is 10.2 Å². The zero-order valence-electron chi connectivity index (χ0n) is 9.76. The average molecular weight is 292 g/mol. The van der Waals surface area contributed by atoms with E-state index in [1.165, 1.54) is 29.0 Å². The lowest BCUT2D eigenvalue weighted by molar-refractivity contribution is 0.103. The molecule has 0 aliphatic rings. The maximum atomic E-state index is 12.1. The largest absolute Gasteiger partial charge is 0.313 e. The summed E-state index contributed by atoms with van der Waals surface area (Å²) in [7, 11) is 0. The number of thiazole rings is 1. The van der Waals surface area contributed by atoms with Crippen LogP contribution < -0.4 is 10.9 Å². The first kappa shape index (κ1) is 12.0. The van der Waals surface area contributed by atoms with E-state index in [9.17, 15) is 9.59 Å². The number of H-pyrrole nitrogens is 1. The highest BCUT2D eigenvalue weighted by atomic mass is 32.1. The smallest absolute Gasteiger partial charge is 0.267 e. The summed E-state index contributed by atoms with van der Waals surface area (Å²) in [6, 6.07) is 0. The van der Waals surface area contributed by atoms with Crippen LogP contribution in [0.3, 0.4) is 0 Å². The second-order valence-electron chi connectivity index (χ2n) is 3.76. The maximum absolute atomic E-state index is 12.1. The van der Waals surface area contributed by atoms with Crippen LogP contribution in [0.5, 0.6) is 0 Å². The molecule has 0 atom stereocenters. The number of aryl methyl sites for hydroxylation is 1. The van der Waals surface area contributed by atoms with Gasteiger partial charge in [0.1, 0.15) is 4.83 Å². The number of rotatable bonds is 2. The molecule has 19 heavy (non-hydrogen) atoms. The zero-order chi connectivity index (χ0) is 13.4. The van der Waals surface area contributed by atoms with E-state index in [0.717, 1.165) is 0 Å². The van der Waals surface area contributed by atoms with Crippen LogP contribution in [0.2, 0.25) is 0 Å². The van der Waals surface area contributed by atoms with Crippen molar-refractivity contribution in [3.8, 4) is 0 Å². The van der Waals surface area contributed by atoms with E-state index in [1.807, 2.05) is 0 Å². The minimum absolute atomic E-state index is 0.230. The van der Waals surface area contributed by atoms with Crippen LogP contribution in [0.1, 0.15) is 15.2 Å². The summed E-state index contributed by atoms with van der Waals surface area (Å²) in [6.07, 6.45) is 2.95. The molecule has 8 heteroatoms. The Labute approximate surface area is 115 Å². The highest BCUT2D eigenvalue weighted by Gasteiger charge is 2.18. The van der Waals surface area contributed by atoms with Gasteiger partial charge in [0.25, 0.3) is 11.5 Å². The molecule has 0 aliphatic heterocycles. The van der Waals surface area contributed by atoms with Gasteiger partial charge in [-0.2, -0.15) is 0 Å². The van der Waals surface area contributed by atoms with Crippen molar-refractivity contribution in [3.63, 3.8) is 0 Å². The Bertz CT molecular complexity index is 804. The van der Waals surface area contributed by atoms with Gasteiger partial charge in [-0.3, -0.25) is 14.9 Å². The fraction of sp³-hybridized carbons (Fsp3) is 0.0909. The van der Waals surface area contributed by atoms with Crippen LogP contribution in [0.15, 0.2) is 22.7 Å². The molecule has 0 spiro atoms. The monoisotopic (exact) mass is 292 g/mol. The Morgan fingerprint density at radius 2 is 2.26 bits per heavy atom. The van der Waals surface area contributed by atoms with Gasteiger partial charge < -0.3 is 4.98 Å². The summed E-state index contributed by atoms with van der Waals surface area (Å²) in [5.74, 6) is -0.269. The molecule has 3 aromatic heterocycles. The molecule has 0 fully saturated rings. The quantitative estimate of drug-likeness (QED) is 0.756. The second-order valence-corrected chi connectivity index (χ2v) is 5.65. The molecule has 0 aromatic carbocycles. The topological polar surface area (TPSA) is 87.7 Å². The Morgan fingerprint density at radius 3 is 2.95 bits per heavy atom. The lowest BCUT2D eigenvalue weighted by Gasteiger charge is -1.99. The molecular weight excluding hydrogens is 284 g/mol. The SMILES string of the molecule is Cc1c(C(=O)Nc2nccs2)sc2nc[nH]c(=O)c12. The molecule has 6 nitrogen and oxygen atoms in total. The summed E-state index contributed by atoms with van der Waals surface area (Å²) < 4.78 is 0. The average Bonchev–Trinajstić information content (AvgIpc) is 2.98. The molecule has 3 rings (SSSR count). The number of hydrogen-bond acceptors (Lipinski definition) is 6. The molecule has 3 heterocycles. The van der Waals surface area contributed by atoms with E-state index < -0.39 is 0 Å². The van der Waals surface area contributed by atoms with Gasteiger partial charge in [-0.15, -0.1) is 22.7 Å². The van der Waals surface area contributed by atoms with Crippen LogP contribution in [-0.4, -0.2) is 20.9 Å². The first-order valence-electron chi connectivity index (χ1n) is 5.34. The fourth-order valence-electron chi connectivity index (χ4n) is 1.73. The number of fused-ring (bicyclic) bond motifs is 1. The van der Waals surface area contributed by atoms with E-state index in [-0.39, 0.29) is 11.5 Å². The number of carbonyl (C=O) groups is 1. The molecule has 2 N–H and O–H groups in total. The zero-order valence-corrected chi connectivity index (χ0v) is 11.4. The second kappa shape index (κ2) is 4.56. The van der Waals surface area contributed by atoms with E-state index in [2.05, 4.69) is 20.3 Å². The Hall–Kier alpha value is -2.06. The number of nitrogens with zero attached hydrogens (tertiary/aromatic N) is 2. The molecular formula is C11H8N4O2S2. The minimum atomic E-state index is -0.269. The highest BCUT2D eigenvalue weighted by molar-refractivity contribution is 7.20. The summed E-state index contributed by atoms with van der Waals surface area (Å²) in [5, 5.41) is 5.48. The van der Waals surface area contributed by atoms with Crippen molar-refractivity contribution in [2.45, 2.75) is 6.92 Å². The lowest BCUT2D eigenvalue weighted by atomic mass is 10.2. The molecule has 0 radical (unpaired) electrons. The maximum Gasteiger partial charge on any atom is 0.267 e. The van der Waals surface area contributed by atoms with Gasteiger partial charge in [-0.1, -0.05) is 0 Å². The number of aromatic nitrogens is 3. The molecule has 0 bridgehead atoms. The summed E-state index contributed by atoms with van der Waals surface area (Å²) in [5.41, 5.74) is 0.412. The van der Waals surface area contributed by atoms with E-state index in [4.69, 9.17) is 0 Å². The van der Waals surface area contributed by atoms with Crippen molar-refractivity contribution in [1.82, 2.24) is 15.0 Å². The first-order chi connectivity index (χ1) is 9.16. The van der Waals surface area contributed by atoms with Gasteiger partial charge in [0.15, 0.2) is 5.13 Å². The van der Waals surface area contributed by atoms with Gasteiger partial charge in [0.05, 0.1) is 16.6 Å². The number of aromatic amines is 1. The third-order valence-corrected chi connectivity index (χ3v) is 4.48. The van der Waals surface area contributed by atoms with E-state index in [0.29, 0.717) is 25.8 Å². The predicted octanol–water partition coefficient (Wildman–Crippen LogP) is 2.00. The van der Waals surface area contributed by atoms with Crippen LogP contribution >= 0.6 is 22.7 Å². The van der Waals surface area contributed by atoms with E-state index >= 15 is 0 Å². The minimum Gasteiger partial charge on any atom is -0.313 e. The van der Waals surface area contributed by atoms with Gasteiger partial charge in [-0.25, -0.2) is 9.97 Å². The normalized spacial score (nSPS) is 10.8. The van der Waals surface area contributed by atoms with Crippen molar-refractivity contribution < 1.29 is 4.79 Å². The van der Waals surface area contributed by atoms with Crippen LogP contribution in [-0.2, 0) is 0 Å². The Balaban J connectivity index is 2.06. The Kier molecular flexibility index (Phi) is 2.88. The van der Waals surface area contributed by atoms with Crippen molar-refractivity contribution >= 4 is 43.9 Å². The lowest BCUT2D eigenvalue weighted by Crippen LogP contribution is -2.12. The van der Waals surface area contributed by atoms with Crippen molar-refractivity contribution in [2.24, 2.45) is 0 Å².